The van der Waals surface area contributed by atoms with Crippen LogP contribution in [0.1, 0.15) is 24.0 Å². The number of carboxylic acid groups (broad SMARTS) is 1. The molecule has 0 radical (unpaired) electrons. The maximum absolute atomic E-state index is 13.3. The number of carboxylic acids is 1. The largest absolute Gasteiger partial charge is 0.481 e. The van der Waals surface area contributed by atoms with E-state index >= 15 is 0 Å². The highest BCUT2D eigenvalue weighted by atomic mass is 31.2. The standard InChI is InChI=1S/C23H29N2O5P/c24-20(15-18-10-5-2-6-11-18)22(26)25-13-7-12-21(25)31(29,30)16-19(23(27)28)14-17-8-3-1-4-9-17/h1-6,8-11,19-21H,7,12-16,24H2,(H,27,28)(H,29,30)/t19-,20+,21+/m1/s1. The first kappa shape index (κ1) is 23.2. The molecule has 4 atom stereocenters. The summed E-state index contributed by atoms with van der Waals surface area (Å²) in [6.07, 6.45) is 1.09. The van der Waals surface area contributed by atoms with Gasteiger partial charge in [0, 0.05) is 12.7 Å². The van der Waals surface area contributed by atoms with Crippen LogP contribution in [-0.2, 0) is 27.0 Å². The fraction of sp³-hybridized carbons (Fsp3) is 0.391. The van der Waals surface area contributed by atoms with Crippen LogP contribution in [0.4, 0.5) is 0 Å². The monoisotopic (exact) mass is 444 g/mol. The molecule has 1 aliphatic heterocycles. The third-order valence-corrected chi connectivity index (χ3v) is 8.17. The number of rotatable bonds is 9. The number of hydrogen-bond donors (Lipinski definition) is 3. The van der Waals surface area contributed by atoms with Gasteiger partial charge in [0.15, 0.2) is 0 Å². The molecule has 2 aromatic rings. The van der Waals surface area contributed by atoms with Gasteiger partial charge in [-0.05, 0) is 36.8 Å². The van der Waals surface area contributed by atoms with Crippen LogP contribution in [0.2, 0.25) is 0 Å². The molecule has 31 heavy (non-hydrogen) atoms. The van der Waals surface area contributed by atoms with Crippen LogP contribution in [0.25, 0.3) is 0 Å². The van der Waals surface area contributed by atoms with Gasteiger partial charge in [-0.2, -0.15) is 0 Å². The lowest BCUT2D eigenvalue weighted by Gasteiger charge is -2.31. The molecule has 166 valence electrons. The summed E-state index contributed by atoms with van der Waals surface area (Å²) in [5.41, 5.74) is 7.84. The van der Waals surface area contributed by atoms with E-state index in [-0.39, 0.29) is 18.5 Å². The van der Waals surface area contributed by atoms with Crippen LogP contribution in [0.3, 0.4) is 0 Å². The van der Waals surface area contributed by atoms with Crippen molar-refractivity contribution < 1.29 is 24.2 Å². The van der Waals surface area contributed by atoms with Gasteiger partial charge in [-0.15, -0.1) is 0 Å². The fourth-order valence-electron chi connectivity index (χ4n) is 4.16. The van der Waals surface area contributed by atoms with Crippen molar-refractivity contribution >= 4 is 19.2 Å². The van der Waals surface area contributed by atoms with Crippen LogP contribution < -0.4 is 5.73 Å². The maximum atomic E-state index is 13.3. The van der Waals surface area contributed by atoms with Crippen molar-refractivity contribution in [2.24, 2.45) is 11.7 Å². The summed E-state index contributed by atoms with van der Waals surface area (Å²) in [5.74, 6) is -3.38. The van der Waals surface area contributed by atoms with Crippen molar-refractivity contribution in [3.63, 3.8) is 0 Å². The number of hydrogen-bond acceptors (Lipinski definition) is 4. The minimum atomic E-state index is -3.95. The van der Waals surface area contributed by atoms with Gasteiger partial charge in [-0.3, -0.25) is 14.2 Å². The molecule has 0 bridgehead atoms. The van der Waals surface area contributed by atoms with E-state index < -0.39 is 31.1 Å². The van der Waals surface area contributed by atoms with Crippen molar-refractivity contribution in [2.75, 3.05) is 12.7 Å². The smallest absolute Gasteiger partial charge is 0.307 e. The molecular weight excluding hydrogens is 415 g/mol. The lowest BCUT2D eigenvalue weighted by Crippen LogP contribution is -2.47. The molecule has 8 heteroatoms. The number of likely N-dealkylation sites (tertiary alicyclic amines) is 1. The molecule has 1 unspecified atom stereocenters. The minimum absolute atomic E-state index is 0.162. The summed E-state index contributed by atoms with van der Waals surface area (Å²) < 4.78 is 13.3. The Morgan fingerprint density at radius 1 is 1.03 bits per heavy atom. The van der Waals surface area contributed by atoms with Crippen LogP contribution in [0.15, 0.2) is 60.7 Å². The highest BCUT2D eigenvalue weighted by Gasteiger charge is 2.44. The van der Waals surface area contributed by atoms with E-state index in [4.69, 9.17) is 5.73 Å². The normalized spacial score (nSPS) is 20.1. The summed E-state index contributed by atoms with van der Waals surface area (Å²) in [7, 11) is -3.95. The number of aliphatic carboxylic acids is 1. The van der Waals surface area contributed by atoms with Crippen molar-refractivity contribution in [2.45, 2.75) is 37.5 Å². The molecule has 1 heterocycles. The topological polar surface area (TPSA) is 121 Å². The molecule has 0 spiro atoms. The molecule has 2 aromatic carbocycles. The van der Waals surface area contributed by atoms with Gasteiger partial charge in [-0.25, -0.2) is 0 Å². The summed E-state index contributed by atoms with van der Waals surface area (Å²) in [6.45, 7) is 0.354. The van der Waals surface area contributed by atoms with Crippen molar-refractivity contribution in [3.05, 3.63) is 71.8 Å². The quantitative estimate of drug-likeness (QED) is 0.512. The lowest BCUT2D eigenvalue weighted by atomic mass is 10.0. The maximum Gasteiger partial charge on any atom is 0.307 e. The number of nitrogens with zero attached hydrogens (tertiary/aromatic N) is 1. The van der Waals surface area contributed by atoms with Crippen LogP contribution >= 0.6 is 7.37 Å². The van der Waals surface area contributed by atoms with Crippen molar-refractivity contribution in [1.82, 2.24) is 4.90 Å². The summed E-state index contributed by atoms with van der Waals surface area (Å²) in [5, 5.41) is 9.64. The van der Waals surface area contributed by atoms with E-state index in [1.807, 2.05) is 36.4 Å². The second-order valence-electron chi connectivity index (χ2n) is 8.11. The number of amides is 1. The van der Waals surface area contributed by atoms with Crippen LogP contribution in [0, 0.1) is 5.92 Å². The van der Waals surface area contributed by atoms with E-state index in [0.717, 1.165) is 11.1 Å². The zero-order chi connectivity index (χ0) is 22.4. The van der Waals surface area contributed by atoms with E-state index in [1.54, 1.807) is 24.3 Å². The first-order valence-corrected chi connectivity index (χ1v) is 12.4. The Balaban J connectivity index is 1.70. The predicted octanol–water partition coefficient (Wildman–Crippen LogP) is 2.72. The van der Waals surface area contributed by atoms with Crippen LogP contribution in [0.5, 0.6) is 0 Å². The molecule has 0 aliphatic carbocycles. The van der Waals surface area contributed by atoms with Crippen molar-refractivity contribution in [1.29, 1.82) is 0 Å². The highest BCUT2D eigenvalue weighted by Crippen LogP contribution is 2.53. The van der Waals surface area contributed by atoms with Gasteiger partial charge in [0.05, 0.1) is 12.0 Å². The zero-order valence-electron chi connectivity index (χ0n) is 17.3. The summed E-state index contributed by atoms with van der Waals surface area (Å²) in [6, 6.07) is 17.6. The Morgan fingerprint density at radius 3 is 2.13 bits per heavy atom. The third kappa shape index (κ3) is 6.03. The van der Waals surface area contributed by atoms with Gasteiger partial charge in [0.25, 0.3) is 0 Å². The third-order valence-electron chi connectivity index (χ3n) is 5.74. The molecule has 0 saturated carbocycles. The van der Waals surface area contributed by atoms with Gasteiger partial charge >= 0.3 is 5.97 Å². The summed E-state index contributed by atoms with van der Waals surface area (Å²) >= 11 is 0. The van der Waals surface area contributed by atoms with Gasteiger partial charge < -0.3 is 20.6 Å². The number of carbonyl (C=O) groups excluding carboxylic acids is 1. The number of nitrogens with two attached hydrogens (primary N) is 1. The van der Waals surface area contributed by atoms with Gasteiger partial charge in [-0.1, -0.05) is 60.7 Å². The Kier molecular flexibility index (Phi) is 7.65. The molecule has 1 amide bonds. The number of carbonyl (C=O) groups is 2. The molecule has 1 saturated heterocycles. The Hall–Kier alpha value is -2.47. The van der Waals surface area contributed by atoms with Crippen molar-refractivity contribution in [3.8, 4) is 0 Å². The minimum Gasteiger partial charge on any atom is -0.481 e. The first-order chi connectivity index (χ1) is 14.8. The van der Waals surface area contributed by atoms with E-state index in [2.05, 4.69) is 0 Å². The average Bonchev–Trinajstić information content (AvgIpc) is 3.25. The Bertz CT molecular complexity index is 937. The first-order valence-electron chi connectivity index (χ1n) is 10.5. The Labute approximate surface area is 182 Å². The molecule has 7 nitrogen and oxygen atoms in total. The number of benzene rings is 2. The van der Waals surface area contributed by atoms with Crippen LogP contribution in [-0.4, -0.2) is 51.3 Å². The van der Waals surface area contributed by atoms with E-state index in [1.165, 1.54) is 4.90 Å². The Morgan fingerprint density at radius 2 is 1.58 bits per heavy atom. The van der Waals surface area contributed by atoms with E-state index in [9.17, 15) is 24.2 Å². The molecule has 1 aliphatic rings. The fourth-order valence-corrected chi connectivity index (χ4v) is 6.57. The van der Waals surface area contributed by atoms with Gasteiger partial charge in [0.2, 0.25) is 13.3 Å². The second-order valence-corrected chi connectivity index (χ2v) is 10.6. The highest BCUT2D eigenvalue weighted by molar-refractivity contribution is 7.58. The predicted molar refractivity (Wildman–Crippen MR) is 119 cm³/mol. The molecule has 1 fully saturated rings. The second kappa shape index (κ2) is 10.2. The molecule has 0 aromatic heterocycles. The molecule has 4 N–H and O–H groups in total. The molecule has 3 rings (SSSR count). The molecular formula is C23H29N2O5P. The zero-order valence-corrected chi connectivity index (χ0v) is 18.2. The SMILES string of the molecule is N[C@@H](Cc1ccccc1)C(=O)N1CCC[C@@H]1P(=O)(O)C[C@@H](Cc1ccccc1)C(=O)O. The van der Waals surface area contributed by atoms with E-state index in [0.29, 0.717) is 25.8 Å². The van der Waals surface area contributed by atoms with Gasteiger partial charge in [0.1, 0.15) is 5.78 Å². The lowest BCUT2D eigenvalue weighted by molar-refractivity contribution is -0.141. The average molecular weight is 444 g/mol. The summed E-state index contributed by atoms with van der Waals surface area (Å²) in [4.78, 5) is 37.0.